The Balaban J connectivity index is 2.22. The molecule has 0 saturated carbocycles. The van der Waals surface area contributed by atoms with Crippen molar-refractivity contribution in [3.8, 4) is 5.75 Å². The van der Waals surface area contributed by atoms with E-state index in [0.717, 1.165) is 10.0 Å². The summed E-state index contributed by atoms with van der Waals surface area (Å²) in [6, 6.07) is 9.50. The summed E-state index contributed by atoms with van der Waals surface area (Å²) in [5, 5.41) is 2.94. The number of carbonyl (C=O) groups is 1. The van der Waals surface area contributed by atoms with Crippen LogP contribution in [0.25, 0.3) is 0 Å². The molecule has 0 heterocycles. The van der Waals surface area contributed by atoms with Crippen LogP contribution < -0.4 is 15.8 Å². The smallest absolute Gasteiger partial charge is 0.248 e. The number of nitrogens with two attached hydrogens (primary N) is 1. The second-order valence-corrected chi connectivity index (χ2v) is 5.28. The first-order valence-electron chi connectivity index (χ1n) is 6.17. The second kappa shape index (κ2) is 6.58. The summed E-state index contributed by atoms with van der Waals surface area (Å²) in [5.74, 6) is -0.357. The van der Waals surface area contributed by atoms with E-state index in [9.17, 15) is 9.18 Å². The van der Waals surface area contributed by atoms with Crippen molar-refractivity contribution in [3.63, 3.8) is 0 Å². The van der Waals surface area contributed by atoms with Gasteiger partial charge in [-0.25, -0.2) is 4.39 Å². The standard InChI is InChI=1S/C15H14BrFN2O2/c1-21-14-5-3-11(16)6-10(14)8-19-13-7-9(15(18)20)2-4-12(13)17/h2-7,19H,8H2,1H3,(H2,18,20). The lowest BCUT2D eigenvalue weighted by molar-refractivity contribution is 0.100. The summed E-state index contributed by atoms with van der Waals surface area (Å²) in [6.07, 6.45) is 0. The largest absolute Gasteiger partial charge is 0.496 e. The summed E-state index contributed by atoms with van der Waals surface area (Å²) in [6.45, 7) is 0.349. The van der Waals surface area contributed by atoms with E-state index in [4.69, 9.17) is 10.5 Å². The number of nitrogens with one attached hydrogen (secondary N) is 1. The molecule has 3 N–H and O–H groups in total. The third-order valence-corrected chi connectivity index (χ3v) is 3.46. The maximum atomic E-state index is 13.7. The second-order valence-electron chi connectivity index (χ2n) is 4.37. The van der Waals surface area contributed by atoms with E-state index >= 15 is 0 Å². The predicted octanol–water partition coefficient (Wildman–Crippen LogP) is 3.31. The van der Waals surface area contributed by atoms with Crippen LogP contribution in [0.2, 0.25) is 0 Å². The van der Waals surface area contributed by atoms with Crippen LogP contribution in [0, 0.1) is 5.82 Å². The van der Waals surface area contributed by atoms with Gasteiger partial charge in [-0.3, -0.25) is 4.79 Å². The molecule has 110 valence electrons. The topological polar surface area (TPSA) is 64.3 Å². The van der Waals surface area contributed by atoms with Crippen molar-refractivity contribution < 1.29 is 13.9 Å². The summed E-state index contributed by atoms with van der Waals surface area (Å²) in [5.41, 5.74) is 6.51. The molecule has 2 aromatic rings. The Kier molecular flexibility index (Phi) is 4.80. The number of methoxy groups -OCH3 is 1. The van der Waals surface area contributed by atoms with Gasteiger partial charge in [-0.15, -0.1) is 0 Å². The molecule has 0 saturated heterocycles. The summed E-state index contributed by atoms with van der Waals surface area (Å²) >= 11 is 3.38. The third kappa shape index (κ3) is 3.72. The molecule has 0 aliphatic rings. The highest BCUT2D eigenvalue weighted by molar-refractivity contribution is 9.10. The normalized spacial score (nSPS) is 10.2. The van der Waals surface area contributed by atoms with Crippen molar-refractivity contribution in [1.82, 2.24) is 0 Å². The number of primary amides is 1. The molecule has 4 nitrogen and oxygen atoms in total. The number of ether oxygens (including phenoxy) is 1. The van der Waals surface area contributed by atoms with E-state index in [0.29, 0.717) is 12.3 Å². The molecule has 2 aromatic carbocycles. The maximum absolute atomic E-state index is 13.7. The fourth-order valence-corrected chi connectivity index (χ4v) is 2.30. The summed E-state index contributed by atoms with van der Waals surface area (Å²) in [4.78, 5) is 11.1. The third-order valence-electron chi connectivity index (χ3n) is 2.96. The zero-order valence-electron chi connectivity index (χ0n) is 11.3. The lowest BCUT2D eigenvalue weighted by atomic mass is 10.1. The van der Waals surface area contributed by atoms with Crippen LogP contribution in [0.1, 0.15) is 15.9 Å². The Morgan fingerprint density at radius 3 is 2.76 bits per heavy atom. The van der Waals surface area contributed by atoms with Gasteiger partial charge in [0.05, 0.1) is 12.8 Å². The summed E-state index contributed by atoms with van der Waals surface area (Å²) < 4.78 is 19.9. The lowest BCUT2D eigenvalue weighted by Gasteiger charge is -2.12. The van der Waals surface area contributed by atoms with Gasteiger partial charge in [-0.05, 0) is 36.4 Å². The van der Waals surface area contributed by atoms with Crippen LogP contribution in [0.4, 0.5) is 10.1 Å². The minimum Gasteiger partial charge on any atom is -0.496 e. The van der Waals surface area contributed by atoms with Crippen LogP contribution in [-0.4, -0.2) is 13.0 Å². The van der Waals surface area contributed by atoms with Gasteiger partial charge in [0.15, 0.2) is 0 Å². The van der Waals surface area contributed by atoms with Crippen molar-refractivity contribution in [2.75, 3.05) is 12.4 Å². The Morgan fingerprint density at radius 1 is 1.33 bits per heavy atom. The highest BCUT2D eigenvalue weighted by Gasteiger charge is 2.09. The highest BCUT2D eigenvalue weighted by Crippen LogP contribution is 2.25. The van der Waals surface area contributed by atoms with E-state index in [-0.39, 0.29) is 11.3 Å². The molecule has 0 bridgehead atoms. The monoisotopic (exact) mass is 352 g/mol. The number of hydrogen-bond donors (Lipinski definition) is 2. The van der Waals surface area contributed by atoms with Gasteiger partial charge in [-0.2, -0.15) is 0 Å². The van der Waals surface area contributed by atoms with Crippen molar-refractivity contribution in [2.24, 2.45) is 5.73 Å². The van der Waals surface area contributed by atoms with Crippen molar-refractivity contribution >= 4 is 27.5 Å². The quantitative estimate of drug-likeness (QED) is 0.867. The first-order valence-corrected chi connectivity index (χ1v) is 6.96. The molecule has 0 unspecified atom stereocenters. The average Bonchev–Trinajstić information content (AvgIpc) is 2.46. The maximum Gasteiger partial charge on any atom is 0.248 e. The van der Waals surface area contributed by atoms with Gasteiger partial charge in [-0.1, -0.05) is 15.9 Å². The van der Waals surface area contributed by atoms with Crippen LogP contribution in [0.3, 0.4) is 0 Å². The van der Waals surface area contributed by atoms with Crippen LogP contribution in [-0.2, 0) is 6.54 Å². The molecule has 6 heteroatoms. The van der Waals surface area contributed by atoms with Gasteiger partial charge in [0.2, 0.25) is 5.91 Å². The van der Waals surface area contributed by atoms with Crippen LogP contribution in [0.5, 0.6) is 5.75 Å². The molecule has 0 radical (unpaired) electrons. The predicted molar refractivity (Wildman–Crippen MR) is 82.9 cm³/mol. The van der Waals surface area contributed by atoms with Crippen LogP contribution >= 0.6 is 15.9 Å². The number of anilines is 1. The number of rotatable bonds is 5. The van der Waals surface area contributed by atoms with E-state index < -0.39 is 11.7 Å². The van der Waals surface area contributed by atoms with Gasteiger partial charge in [0.1, 0.15) is 11.6 Å². The fourth-order valence-electron chi connectivity index (χ4n) is 1.89. The van der Waals surface area contributed by atoms with Crippen molar-refractivity contribution in [1.29, 1.82) is 0 Å². The number of benzene rings is 2. The number of halogens is 2. The minimum absolute atomic E-state index is 0.216. The molecular weight excluding hydrogens is 339 g/mol. The van der Waals surface area contributed by atoms with Crippen molar-refractivity contribution in [3.05, 3.63) is 57.8 Å². The zero-order valence-corrected chi connectivity index (χ0v) is 12.9. The van der Waals surface area contributed by atoms with Crippen LogP contribution in [0.15, 0.2) is 40.9 Å². The molecule has 0 atom stereocenters. The zero-order chi connectivity index (χ0) is 15.4. The highest BCUT2D eigenvalue weighted by atomic mass is 79.9. The number of amides is 1. The number of carbonyl (C=O) groups excluding carboxylic acids is 1. The lowest BCUT2D eigenvalue weighted by Crippen LogP contribution is -2.12. The van der Waals surface area contributed by atoms with E-state index in [2.05, 4.69) is 21.2 Å². The first-order chi connectivity index (χ1) is 10.0. The van der Waals surface area contributed by atoms with Gasteiger partial charge < -0.3 is 15.8 Å². The Bertz CT molecular complexity index is 677. The number of hydrogen-bond acceptors (Lipinski definition) is 3. The molecule has 21 heavy (non-hydrogen) atoms. The molecule has 0 spiro atoms. The Morgan fingerprint density at radius 2 is 2.10 bits per heavy atom. The molecular formula is C15H14BrFN2O2. The van der Waals surface area contributed by atoms with Crippen molar-refractivity contribution in [2.45, 2.75) is 6.54 Å². The first kappa shape index (κ1) is 15.3. The minimum atomic E-state index is -0.599. The molecule has 1 amide bonds. The van der Waals surface area contributed by atoms with E-state index in [1.807, 2.05) is 18.2 Å². The molecule has 0 aromatic heterocycles. The van der Waals surface area contributed by atoms with Gasteiger partial charge in [0.25, 0.3) is 0 Å². The average molecular weight is 353 g/mol. The van der Waals surface area contributed by atoms with E-state index in [1.165, 1.54) is 18.2 Å². The molecule has 0 aliphatic carbocycles. The fraction of sp³-hybridized carbons (Fsp3) is 0.133. The molecule has 2 rings (SSSR count). The van der Waals surface area contributed by atoms with Gasteiger partial charge in [0, 0.05) is 22.1 Å². The molecule has 0 fully saturated rings. The summed E-state index contributed by atoms with van der Waals surface area (Å²) in [7, 11) is 1.57. The van der Waals surface area contributed by atoms with Gasteiger partial charge >= 0.3 is 0 Å². The molecule has 0 aliphatic heterocycles. The SMILES string of the molecule is COc1ccc(Br)cc1CNc1cc(C(N)=O)ccc1F. The Hall–Kier alpha value is -2.08. The van der Waals surface area contributed by atoms with E-state index in [1.54, 1.807) is 7.11 Å². The Labute approximate surface area is 130 Å².